The highest BCUT2D eigenvalue weighted by molar-refractivity contribution is 7.98. The summed E-state index contributed by atoms with van der Waals surface area (Å²) in [4.78, 5) is 17.5. The largest absolute Gasteiger partial charge is 0.393 e. The predicted molar refractivity (Wildman–Crippen MR) is 90.9 cm³/mol. The number of carbonyl (C=O) groups is 1. The molecule has 2 atom stereocenters. The smallest absolute Gasteiger partial charge is 0.236 e. The van der Waals surface area contributed by atoms with Gasteiger partial charge < -0.3 is 10.0 Å². The van der Waals surface area contributed by atoms with Crippen molar-refractivity contribution in [3.63, 3.8) is 0 Å². The molecular weight excluding hydrogens is 296 g/mol. The number of aliphatic hydroxyl groups excluding tert-OH is 1. The summed E-state index contributed by atoms with van der Waals surface area (Å²) in [5.74, 6) is 0.442. The van der Waals surface area contributed by atoms with Gasteiger partial charge >= 0.3 is 0 Å². The second-order valence-corrected chi connectivity index (χ2v) is 7.00. The van der Waals surface area contributed by atoms with Gasteiger partial charge in [-0.15, -0.1) is 11.8 Å². The quantitative estimate of drug-likeness (QED) is 0.814. The van der Waals surface area contributed by atoms with E-state index in [1.807, 2.05) is 14.0 Å². The van der Waals surface area contributed by atoms with Crippen LogP contribution in [0.5, 0.6) is 0 Å². The zero-order valence-corrected chi connectivity index (χ0v) is 14.5. The molecule has 4 nitrogen and oxygen atoms in total. The number of hydrogen-bond acceptors (Lipinski definition) is 4. The Morgan fingerprint density at radius 1 is 1.45 bits per heavy atom. The number of amides is 1. The molecule has 1 fully saturated rings. The lowest BCUT2D eigenvalue weighted by molar-refractivity contribution is -0.131. The average molecular weight is 322 g/mol. The Balaban J connectivity index is 1.81. The molecule has 1 aromatic rings. The van der Waals surface area contributed by atoms with Gasteiger partial charge in [-0.2, -0.15) is 0 Å². The molecule has 0 aliphatic carbocycles. The highest BCUT2D eigenvalue weighted by Gasteiger charge is 2.27. The summed E-state index contributed by atoms with van der Waals surface area (Å²) in [7, 11) is 1.85. The molecule has 2 rings (SSSR count). The lowest BCUT2D eigenvalue weighted by Gasteiger charge is -2.22. The maximum atomic E-state index is 12.3. The molecule has 1 aliphatic heterocycles. The molecule has 1 saturated heterocycles. The molecule has 0 radical (unpaired) electrons. The van der Waals surface area contributed by atoms with E-state index < -0.39 is 0 Å². The Hall–Kier alpha value is -1.04. The highest BCUT2D eigenvalue weighted by atomic mass is 32.2. The minimum Gasteiger partial charge on any atom is -0.393 e. The Kier molecular flexibility index (Phi) is 6.29. The van der Waals surface area contributed by atoms with Crippen molar-refractivity contribution in [3.8, 4) is 0 Å². The van der Waals surface area contributed by atoms with Crippen molar-refractivity contribution in [1.82, 2.24) is 9.80 Å². The highest BCUT2D eigenvalue weighted by Crippen LogP contribution is 2.20. The van der Waals surface area contributed by atoms with E-state index in [1.165, 1.54) is 4.90 Å². The van der Waals surface area contributed by atoms with Crippen molar-refractivity contribution in [2.24, 2.45) is 5.92 Å². The first-order chi connectivity index (χ1) is 10.5. The number of nitrogens with zero attached hydrogens (tertiary/aromatic N) is 2. The third-order valence-corrected chi connectivity index (χ3v) is 5.10. The number of likely N-dealkylation sites (N-methyl/N-ethyl adjacent to an activating group) is 1. The third kappa shape index (κ3) is 4.73. The molecule has 122 valence electrons. The first-order valence-corrected chi connectivity index (χ1v) is 8.99. The number of carbonyl (C=O) groups excluding carboxylic acids is 1. The van der Waals surface area contributed by atoms with Crippen LogP contribution in [-0.2, 0) is 11.3 Å². The summed E-state index contributed by atoms with van der Waals surface area (Å²) in [6, 6.07) is 8.34. The Morgan fingerprint density at radius 2 is 2.14 bits per heavy atom. The summed E-state index contributed by atoms with van der Waals surface area (Å²) in [6.45, 7) is 4.64. The van der Waals surface area contributed by atoms with Crippen LogP contribution in [0.4, 0.5) is 0 Å². The van der Waals surface area contributed by atoms with Crippen LogP contribution < -0.4 is 0 Å². The third-order valence-electron chi connectivity index (χ3n) is 4.35. The topological polar surface area (TPSA) is 43.8 Å². The molecule has 1 heterocycles. The predicted octanol–water partition coefficient (Wildman–Crippen LogP) is 2.07. The standard InChI is InChI=1S/C17H26N2O2S/c1-13(20)15-8-9-19(11-15)12-17(21)18(2)10-14-4-6-16(22-3)7-5-14/h4-7,13,15,20H,8-12H2,1-3H3. The first-order valence-electron chi connectivity index (χ1n) is 7.77. The minimum atomic E-state index is -0.284. The summed E-state index contributed by atoms with van der Waals surface area (Å²) in [6.07, 6.45) is 2.75. The van der Waals surface area contributed by atoms with Gasteiger partial charge in [0.05, 0.1) is 12.6 Å². The molecule has 0 spiro atoms. The number of benzene rings is 1. The fourth-order valence-corrected chi connectivity index (χ4v) is 3.21. The molecule has 0 saturated carbocycles. The second kappa shape index (κ2) is 7.99. The van der Waals surface area contributed by atoms with Crippen molar-refractivity contribution in [3.05, 3.63) is 29.8 Å². The monoisotopic (exact) mass is 322 g/mol. The average Bonchev–Trinajstić information content (AvgIpc) is 2.96. The van der Waals surface area contributed by atoms with E-state index in [0.29, 0.717) is 19.0 Å². The SMILES string of the molecule is CSc1ccc(CN(C)C(=O)CN2CCC(C(C)O)C2)cc1. The number of likely N-dealkylation sites (tertiary alicyclic amines) is 1. The van der Waals surface area contributed by atoms with Crippen molar-refractivity contribution < 1.29 is 9.90 Å². The van der Waals surface area contributed by atoms with E-state index in [-0.39, 0.29) is 12.0 Å². The van der Waals surface area contributed by atoms with E-state index in [0.717, 1.165) is 25.1 Å². The van der Waals surface area contributed by atoms with Crippen LogP contribution in [0.3, 0.4) is 0 Å². The van der Waals surface area contributed by atoms with Gasteiger partial charge in [0.15, 0.2) is 0 Å². The summed E-state index contributed by atoms with van der Waals surface area (Å²) in [5.41, 5.74) is 1.15. The van der Waals surface area contributed by atoms with Crippen molar-refractivity contribution in [2.45, 2.75) is 30.9 Å². The van der Waals surface area contributed by atoms with Gasteiger partial charge in [0.2, 0.25) is 5.91 Å². The molecule has 0 bridgehead atoms. The van der Waals surface area contributed by atoms with Crippen LogP contribution in [0.1, 0.15) is 18.9 Å². The summed E-state index contributed by atoms with van der Waals surface area (Å²) >= 11 is 1.72. The van der Waals surface area contributed by atoms with Crippen LogP contribution >= 0.6 is 11.8 Å². The van der Waals surface area contributed by atoms with Crippen molar-refractivity contribution in [1.29, 1.82) is 0 Å². The Labute approximate surface area is 137 Å². The van der Waals surface area contributed by atoms with Crippen LogP contribution in [-0.4, -0.2) is 59.9 Å². The minimum absolute atomic E-state index is 0.139. The molecule has 1 amide bonds. The van der Waals surface area contributed by atoms with Crippen molar-refractivity contribution in [2.75, 3.05) is 32.9 Å². The van der Waals surface area contributed by atoms with Gasteiger partial charge in [-0.1, -0.05) is 12.1 Å². The fourth-order valence-electron chi connectivity index (χ4n) is 2.80. The number of rotatable bonds is 6. The molecule has 1 aliphatic rings. The van der Waals surface area contributed by atoms with Crippen LogP contribution in [0, 0.1) is 5.92 Å². The molecule has 22 heavy (non-hydrogen) atoms. The first kappa shape index (κ1) is 17.3. The number of thioether (sulfide) groups is 1. The Bertz CT molecular complexity index is 490. The van der Waals surface area contributed by atoms with Crippen molar-refractivity contribution >= 4 is 17.7 Å². The molecule has 5 heteroatoms. The van der Waals surface area contributed by atoms with Gasteiger partial charge in [0, 0.05) is 25.0 Å². The molecule has 1 N–H and O–H groups in total. The van der Waals surface area contributed by atoms with E-state index in [2.05, 4.69) is 35.4 Å². The van der Waals surface area contributed by atoms with Gasteiger partial charge in [-0.3, -0.25) is 9.69 Å². The molecule has 0 aromatic heterocycles. The molecule has 2 unspecified atom stereocenters. The number of hydrogen-bond donors (Lipinski definition) is 1. The maximum Gasteiger partial charge on any atom is 0.236 e. The van der Waals surface area contributed by atoms with Crippen LogP contribution in [0.25, 0.3) is 0 Å². The van der Waals surface area contributed by atoms with Gasteiger partial charge in [-0.05, 0) is 49.8 Å². The Morgan fingerprint density at radius 3 is 2.68 bits per heavy atom. The zero-order valence-electron chi connectivity index (χ0n) is 13.7. The lowest BCUT2D eigenvalue weighted by atomic mass is 10.0. The summed E-state index contributed by atoms with van der Waals surface area (Å²) in [5, 5.41) is 9.63. The molecular formula is C17H26N2O2S. The van der Waals surface area contributed by atoms with E-state index in [9.17, 15) is 9.90 Å². The van der Waals surface area contributed by atoms with E-state index in [1.54, 1.807) is 16.7 Å². The second-order valence-electron chi connectivity index (χ2n) is 6.12. The number of aliphatic hydroxyl groups is 1. The zero-order chi connectivity index (χ0) is 16.1. The van der Waals surface area contributed by atoms with Crippen LogP contribution in [0.15, 0.2) is 29.2 Å². The lowest BCUT2D eigenvalue weighted by Crippen LogP contribution is -2.37. The summed E-state index contributed by atoms with van der Waals surface area (Å²) < 4.78 is 0. The van der Waals surface area contributed by atoms with E-state index in [4.69, 9.17) is 0 Å². The van der Waals surface area contributed by atoms with Crippen LogP contribution in [0.2, 0.25) is 0 Å². The molecule has 1 aromatic carbocycles. The maximum absolute atomic E-state index is 12.3. The van der Waals surface area contributed by atoms with Gasteiger partial charge in [0.1, 0.15) is 0 Å². The van der Waals surface area contributed by atoms with Gasteiger partial charge in [0.25, 0.3) is 0 Å². The normalized spacial score (nSPS) is 20.1. The fraction of sp³-hybridized carbons (Fsp3) is 0.588. The van der Waals surface area contributed by atoms with E-state index >= 15 is 0 Å². The van der Waals surface area contributed by atoms with Gasteiger partial charge in [-0.25, -0.2) is 0 Å².